The molecular formula is C18H15ClO5. The number of carbonyl (C=O) groups is 3. The molecule has 1 atom stereocenters. The van der Waals surface area contributed by atoms with Crippen LogP contribution in [0.2, 0.25) is 5.02 Å². The Morgan fingerprint density at radius 2 is 1.75 bits per heavy atom. The predicted octanol–water partition coefficient (Wildman–Crippen LogP) is 3.72. The second-order valence-electron chi connectivity index (χ2n) is 4.85. The molecule has 0 saturated heterocycles. The maximum atomic E-state index is 12.3. The van der Waals surface area contributed by atoms with Gasteiger partial charge < -0.3 is 9.47 Å². The van der Waals surface area contributed by atoms with Crippen molar-refractivity contribution >= 4 is 29.5 Å². The van der Waals surface area contributed by atoms with E-state index in [2.05, 4.69) is 0 Å². The molecule has 0 radical (unpaired) electrons. The zero-order valence-electron chi connectivity index (χ0n) is 12.9. The fraction of sp³-hybridized carbons (Fsp3) is 0.167. The molecule has 2 aromatic rings. The molecule has 0 aliphatic carbocycles. The van der Waals surface area contributed by atoms with Crippen molar-refractivity contribution in [3.63, 3.8) is 0 Å². The molecule has 2 aromatic carbocycles. The Hall–Kier alpha value is -2.66. The standard InChI is InChI=1S/C18H15ClO5/c1-2-15(20)23-18(22)16(12-7-4-3-5-8-12)24-17(21)13-9-6-10-14(19)11-13/h3-11,16H,2H2,1H3. The van der Waals surface area contributed by atoms with Gasteiger partial charge >= 0.3 is 17.9 Å². The molecule has 5 nitrogen and oxygen atoms in total. The van der Waals surface area contributed by atoms with Crippen LogP contribution in [0.3, 0.4) is 0 Å². The van der Waals surface area contributed by atoms with E-state index in [0.717, 1.165) is 0 Å². The van der Waals surface area contributed by atoms with Crippen LogP contribution in [0.4, 0.5) is 0 Å². The summed E-state index contributed by atoms with van der Waals surface area (Å²) in [5.41, 5.74) is 0.597. The summed E-state index contributed by atoms with van der Waals surface area (Å²) in [4.78, 5) is 35.8. The lowest BCUT2D eigenvalue weighted by Gasteiger charge is -2.16. The fourth-order valence-corrected chi connectivity index (χ4v) is 2.10. The van der Waals surface area contributed by atoms with Crippen LogP contribution < -0.4 is 0 Å². The van der Waals surface area contributed by atoms with E-state index in [1.807, 2.05) is 0 Å². The van der Waals surface area contributed by atoms with E-state index in [4.69, 9.17) is 21.1 Å². The van der Waals surface area contributed by atoms with Gasteiger partial charge in [0, 0.05) is 17.0 Å². The van der Waals surface area contributed by atoms with Crippen molar-refractivity contribution in [2.75, 3.05) is 0 Å². The van der Waals surface area contributed by atoms with Gasteiger partial charge in [0.1, 0.15) is 0 Å². The van der Waals surface area contributed by atoms with E-state index in [0.29, 0.717) is 10.6 Å². The van der Waals surface area contributed by atoms with Gasteiger partial charge in [0.2, 0.25) is 6.10 Å². The molecule has 0 aromatic heterocycles. The van der Waals surface area contributed by atoms with E-state index >= 15 is 0 Å². The normalized spacial score (nSPS) is 11.4. The molecule has 0 bridgehead atoms. The van der Waals surface area contributed by atoms with Crippen molar-refractivity contribution in [3.8, 4) is 0 Å². The largest absolute Gasteiger partial charge is 0.442 e. The number of ether oxygens (including phenoxy) is 2. The topological polar surface area (TPSA) is 69.7 Å². The first-order valence-corrected chi connectivity index (χ1v) is 7.65. The third-order valence-corrected chi connectivity index (χ3v) is 3.34. The maximum absolute atomic E-state index is 12.3. The Morgan fingerprint density at radius 3 is 2.38 bits per heavy atom. The monoisotopic (exact) mass is 346 g/mol. The zero-order chi connectivity index (χ0) is 17.5. The SMILES string of the molecule is CCC(=O)OC(=O)C(OC(=O)c1cccc(Cl)c1)c1ccccc1. The third kappa shape index (κ3) is 4.67. The molecular weight excluding hydrogens is 332 g/mol. The lowest BCUT2D eigenvalue weighted by atomic mass is 10.1. The van der Waals surface area contributed by atoms with E-state index in [1.54, 1.807) is 49.4 Å². The highest BCUT2D eigenvalue weighted by molar-refractivity contribution is 6.30. The average molecular weight is 347 g/mol. The van der Waals surface area contributed by atoms with Gasteiger partial charge in [-0.3, -0.25) is 4.79 Å². The minimum Gasteiger partial charge on any atom is -0.442 e. The molecule has 124 valence electrons. The van der Waals surface area contributed by atoms with Crippen LogP contribution in [-0.4, -0.2) is 17.9 Å². The van der Waals surface area contributed by atoms with Crippen LogP contribution in [0.5, 0.6) is 0 Å². The summed E-state index contributed by atoms with van der Waals surface area (Å²) in [6, 6.07) is 14.5. The number of carbonyl (C=O) groups excluding carboxylic acids is 3. The number of benzene rings is 2. The van der Waals surface area contributed by atoms with Gasteiger partial charge in [0.15, 0.2) is 0 Å². The molecule has 24 heavy (non-hydrogen) atoms. The number of rotatable bonds is 5. The highest BCUT2D eigenvalue weighted by Gasteiger charge is 2.28. The minimum absolute atomic E-state index is 0.0372. The van der Waals surface area contributed by atoms with Crippen molar-refractivity contribution in [1.82, 2.24) is 0 Å². The Bertz CT molecular complexity index is 742. The quantitative estimate of drug-likeness (QED) is 0.609. The zero-order valence-corrected chi connectivity index (χ0v) is 13.7. The molecule has 0 spiro atoms. The molecule has 0 heterocycles. The number of hydrogen-bond donors (Lipinski definition) is 0. The van der Waals surface area contributed by atoms with Crippen LogP contribution in [0.15, 0.2) is 54.6 Å². The van der Waals surface area contributed by atoms with E-state index < -0.39 is 24.0 Å². The molecule has 0 N–H and O–H groups in total. The summed E-state index contributed by atoms with van der Waals surface area (Å²) in [5.74, 6) is -2.38. The lowest BCUT2D eigenvalue weighted by molar-refractivity contribution is -0.166. The van der Waals surface area contributed by atoms with Gasteiger partial charge in [-0.05, 0) is 18.2 Å². The summed E-state index contributed by atoms with van der Waals surface area (Å²) >= 11 is 5.85. The predicted molar refractivity (Wildman–Crippen MR) is 87.4 cm³/mol. The van der Waals surface area contributed by atoms with E-state index in [9.17, 15) is 14.4 Å². The Labute approximate surface area is 144 Å². The molecule has 1 unspecified atom stereocenters. The highest BCUT2D eigenvalue weighted by atomic mass is 35.5. The van der Waals surface area contributed by atoms with Gasteiger partial charge in [-0.2, -0.15) is 0 Å². The van der Waals surface area contributed by atoms with Gasteiger partial charge in [0.05, 0.1) is 5.56 Å². The van der Waals surface area contributed by atoms with Crippen molar-refractivity contribution in [3.05, 3.63) is 70.7 Å². The van der Waals surface area contributed by atoms with Crippen LogP contribution >= 0.6 is 11.6 Å². The summed E-state index contributed by atoms with van der Waals surface area (Å²) in [6.45, 7) is 1.56. The van der Waals surface area contributed by atoms with Crippen molar-refractivity contribution in [2.24, 2.45) is 0 Å². The highest BCUT2D eigenvalue weighted by Crippen LogP contribution is 2.22. The summed E-state index contributed by atoms with van der Waals surface area (Å²) in [6.07, 6.45) is -1.30. The minimum atomic E-state index is -1.34. The fourth-order valence-electron chi connectivity index (χ4n) is 1.91. The Morgan fingerprint density at radius 1 is 1.04 bits per heavy atom. The Kier molecular flexibility index (Phi) is 6.09. The average Bonchev–Trinajstić information content (AvgIpc) is 2.59. The van der Waals surface area contributed by atoms with Crippen LogP contribution in [0.25, 0.3) is 0 Å². The van der Waals surface area contributed by atoms with Gasteiger partial charge in [-0.1, -0.05) is 54.9 Å². The summed E-state index contributed by atoms with van der Waals surface area (Å²) in [5, 5.41) is 0.365. The van der Waals surface area contributed by atoms with Crippen LogP contribution in [-0.2, 0) is 19.1 Å². The van der Waals surface area contributed by atoms with E-state index in [1.165, 1.54) is 12.1 Å². The summed E-state index contributed by atoms with van der Waals surface area (Å²) in [7, 11) is 0. The molecule has 0 aliphatic heterocycles. The first kappa shape index (κ1) is 17.7. The Balaban J connectivity index is 2.24. The number of hydrogen-bond acceptors (Lipinski definition) is 5. The number of halogens is 1. The smallest absolute Gasteiger partial charge is 0.359 e. The van der Waals surface area contributed by atoms with Crippen molar-refractivity contribution in [2.45, 2.75) is 19.4 Å². The molecule has 0 aliphatic rings. The summed E-state index contributed by atoms with van der Waals surface area (Å²) < 4.78 is 9.96. The van der Waals surface area contributed by atoms with Gasteiger partial charge in [-0.25, -0.2) is 9.59 Å². The van der Waals surface area contributed by atoms with Crippen molar-refractivity contribution in [1.29, 1.82) is 0 Å². The van der Waals surface area contributed by atoms with Crippen LogP contribution in [0, 0.1) is 0 Å². The van der Waals surface area contributed by atoms with Crippen molar-refractivity contribution < 1.29 is 23.9 Å². The number of esters is 3. The first-order chi connectivity index (χ1) is 11.5. The first-order valence-electron chi connectivity index (χ1n) is 7.27. The second-order valence-corrected chi connectivity index (χ2v) is 5.29. The molecule has 0 saturated carbocycles. The molecule has 0 fully saturated rings. The molecule has 2 rings (SSSR count). The second kappa shape index (κ2) is 8.26. The molecule has 0 amide bonds. The lowest BCUT2D eigenvalue weighted by Crippen LogP contribution is -2.24. The van der Waals surface area contributed by atoms with Crippen LogP contribution in [0.1, 0.15) is 35.4 Å². The third-order valence-electron chi connectivity index (χ3n) is 3.10. The van der Waals surface area contributed by atoms with E-state index in [-0.39, 0.29) is 12.0 Å². The van der Waals surface area contributed by atoms with Gasteiger partial charge in [-0.15, -0.1) is 0 Å². The molecule has 6 heteroatoms. The van der Waals surface area contributed by atoms with Gasteiger partial charge in [0.25, 0.3) is 0 Å². The maximum Gasteiger partial charge on any atom is 0.359 e.